The molecule has 0 bridgehead atoms. The van der Waals surface area contributed by atoms with Crippen LogP contribution in [0.25, 0.3) is 5.57 Å². The van der Waals surface area contributed by atoms with Crippen molar-refractivity contribution in [3.8, 4) is 11.5 Å². The Kier molecular flexibility index (Phi) is 4.86. The van der Waals surface area contributed by atoms with E-state index in [0.717, 1.165) is 31.0 Å². The number of methoxy groups -OCH3 is 1. The molecule has 1 heterocycles. The van der Waals surface area contributed by atoms with Crippen molar-refractivity contribution in [3.63, 3.8) is 0 Å². The second kappa shape index (κ2) is 6.62. The predicted molar refractivity (Wildman–Crippen MR) is 78.8 cm³/mol. The van der Waals surface area contributed by atoms with Crippen molar-refractivity contribution in [1.29, 1.82) is 0 Å². The molecule has 2 rings (SSSR count). The summed E-state index contributed by atoms with van der Waals surface area (Å²) in [7, 11) is 1.69. The Morgan fingerprint density at radius 2 is 2.11 bits per heavy atom. The maximum atomic E-state index is 5.77. The van der Waals surface area contributed by atoms with Crippen LogP contribution >= 0.6 is 0 Å². The van der Waals surface area contributed by atoms with E-state index < -0.39 is 0 Å². The van der Waals surface area contributed by atoms with E-state index in [-0.39, 0.29) is 0 Å². The fraction of sp³-hybridized carbons (Fsp3) is 0.500. The Hall–Kier alpha value is -1.48. The molecule has 19 heavy (non-hydrogen) atoms. The molecule has 0 spiro atoms. The fourth-order valence-corrected chi connectivity index (χ4v) is 2.13. The van der Waals surface area contributed by atoms with Crippen LogP contribution in [0.3, 0.4) is 0 Å². The summed E-state index contributed by atoms with van der Waals surface area (Å²) in [5.74, 6) is 2.16. The standard InChI is InChI=1S/C16H23NO2/c1-12(2)11-19-15-5-4-14(10-16(15)18-3)13-6-8-17-9-7-13/h4-6,10,12,17H,7-9,11H2,1-3H3. The van der Waals surface area contributed by atoms with Crippen LogP contribution in [0.15, 0.2) is 24.3 Å². The number of hydrogen-bond donors (Lipinski definition) is 1. The monoisotopic (exact) mass is 261 g/mol. The van der Waals surface area contributed by atoms with Gasteiger partial charge in [-0.3, -0.25) is 0 Å². The van der Waals surface area contributed by atoms with Crippen molar-refractivity contribution in [3.05, 3.63) is 29.8 Å². The molecule has 1 aromatic rings. The predicted octanol–water partition coefficient (Wildman–Crippen LogP) is 3.11. The summed E-state index contributed by atoms with van der Waals surface area (Å²) in [5.41, 5.74) is 2.61. The summed E-state index contributed by atoms with van der Waals surface area (Å²) in [4.78, 5) is 0. The van der Waals surface area contributed by atoms with Gasteiger partial charge in [0.2, 0.25) is 0 Å². The molecular weight excluding hydrogens is 238 g/mol. The highest BCUT2D eigenvalue weighted by molar-refractivity contribution is 5.69. The molecule has 0 fully saturated rings. The van der Waals surface area contributed by atoms with Gasteiger partial charge in [0, 0.05) is 6.54 Å². The van der Waals surface area contributed by atoms with E-state index in [1.54, 1.807) is 7.11 Å². The molecule has 1 aromatic carbocycles. The van der Waals surface area contributed by atoms with Gasteiger partial charge in [-0.05, 0) is 42.2 Å². The van der Waals surface area contributed by atoms with Gasteiger partial charge in [0.15, 0.2) is 11.5 Å². The van der Waals surface area contributed by atoms with Crippen LogP contribution in [-0.2, 0) is 0 Å². The van der Waals surface area contributed by atoms with Crippen molar-refractivity contribution in [2.24, 2.45) is 5.92 Å². The summed E-state index contributed by atoms with van der Waals surface area (Å²) in [6.07, 6.45) is 3.31. The quantitative estimate of drug-likeness (QED) is 0.883. The third-order valence-electron chi connectivity index (χ3n) is 3.17. The van der Waals surface area contributed by atoms with Crippen LogP contribution in [0.5, 0.6) is 11.5 Å². The molecule has 3 heteroatoms. The lowest BCUT2D eigenvalue weighted by Crippen LogP contribution is -2.20. The van der Waals surface area contributed by atoms with Gasteiger partial charge in [-0.15, -0.1) is 0 Å². The van der Waals surface area contributed by atoms with Crippen molar-refractivity contribution < 1.29 is 9.47 Å². The summed E-state index contributed by atoms with van der Waals surface area (Å²) in [5, 5.41) is 3.32. The first-order valence-corrected chi connectivity index (χ1v) is 6.91. The smallest absolute Gasteiger partial charge is 0.161 e. The molecule has 1 aliphatic rings. The minimum Gasteiger partial charge on any atom is -0.493 e. The first-order chi connectivity index (χ1) is 9.20. The van der Waals surface area contributed by atoms with Gasteiger partial charge in [-0.2, -0.15) is 0 Å². The molecule has 0 aliphatic carbocycles. The van der Waals surface area contributed by atoms with Crippen molar-refractivity contribution in [2.75, 3.05) is 26.8 Å². The van der Waals surface area contributed by atoms with E-state index in [1.165, 1.54) is 11.1 Å². The molecule has 3 nitrogen and oxygen atoms in total. The highest BCUT2D eigenvalue weighted by Gasteiger charge is 2.10. The van der Waals surface area contributed by atoms with Crippen LogP contribution < -0.4 is 14.8 Å². The minimum absolute atomic E-state index is 0.511. The highest BCUT2D eigenvalue weighted by atomic mass is 16.5. The average Bonchev–Trinajstić information content (AvgIpc) is 2.45. The zero-order chi connectivity index (χ0) is 13.7. The topological polar surface area (TPSA) is 30.5 Å². The lowest BCUT2D eigenvalue weighted by Gasteiger charge is -2.17. The molecule has 0 aromatic heterocycles. The third kappa shape index (κ3) is 3.74. The Morgan fingerprint density at radius 1 is 1.26 bits per heavy atom. The minimum atomic E-state index is 0.511. The van der Waals surface area contributed by atoms with Crippen molar-refractivity contribution in [1.82, 2.24) is 5.32 Å². The summed E-state index contributed by atoms with van der Waals surface area (Å²) in [6, 6.07) is 6.21. The van der Waals surface area contributed by atoms with Crippen LogP contribution in [0.4, 0.5) is 0 Å². The lowest BCUT2D eigenvalue weighted by atomic mass is 10.00. The van der Waals surface area contributed by atoms with Gasteiger partial charge in [-0.1, -0.05) is 26.0 Å². The molecule has 0 amide bonds. The van der Waals surface area contributed by atoms with E-state index in [9.17, 15) is 0 Å². The maximum absolute atomic E-state index is 5.77. The van der Waals surface area contributed by atoms with E-state index in [0.29, 0.717) is 12.5 Å². The zero-order valence-corrected chi connectivity index (χ0v) is 12.0. The number of rotatable bonds is 5. The molecule has 0 radical (unpaired) electrons. The van der Waals surface area contributed by atoms with Crippen LogP contribution in [-0.4, -0.2) is 26.8 Å². The molecule has 1 N–H and O–H groups in total. The van der Waals surface area contributed by atoms with E-state index in [4.69, 9.17) is 9.47 Å². The number of benzene rings is 1. The maximum Gasteiger partial charge on any atom is 0.161 e. The summed E-state index contributed by atoms with van der Waals surface area (Å²) >= 11 is 0. The van der Waals surface area contributed by atoms with Gasteiger partial charge in [-0.25, -0.2) is 0 Å². The second-order valence-corrected chi connectivity index (χ2v) is 5.25. The van der Waals surface area contributed by atoms with Crippen LogP contribution in [0.2, 0.25) is 0 Å². The second-order valence-electron chi connectivity index (χ2n) is 5.25. The van der Waals surface area contributed by atoms with Crippen molar-refractivity contribution in [2.45, 2.75) is 20.3 Å². The number of ether oxygens (including phenoxy) is 2. The zero-order valence-electron chi connectivity index (χ0n) is 12.0. The van der Waals surface area contributed by atoms with Gasteiger partial charge < -0.3 is 14.8 Å². The van der Waals surface area contributed by atoms with Crippen LogP contribution in [0, 0.1) is 5.92 Å². The SMILES string of the molecule is COc1cc(C2=CCNCC2)ccc1OCC(C)C. The Bertz CT molecular complexity index is 452. The first-order valence-electron chi connectivity index (χ1n) is 6.91. The molecular formula is C16H23NO2. The van der Waals surface area contributed by atoms with E-state index >= 15 is 0 Å². The molecule has 0 saturated carbocycles. The van der Waals surface area contributed by atoms with Crippen molar-refractivity contribution >= 4 is 5.57 Å². The van der Waals surface area contributed by atoms with Gasteiger partial charge >= 0.3 is 0 Å². The van der Waals surface area contributed by atoms with Gasteiger partial charge in [0.25, 0.3) is 0 Å². The summed E-state index contributed by atoms with van der Waals surface area (Å²) in [6.45, 7) is 6.98. The third-order valence-corrected chi connectivity index (χ3v) is 3.17. The summed E-state index contributed by atoms with van der Waals surface area (Å²) < 4.78 is 11.2. The van der Waals surface area contributed by atoms with Gasteiger partial charge in [0.05, 0.1) is 13.7 Å². The lowest BCUT2D eigenvalue weighted by molar-refractivity contribution is 0.257. The molecule has 0 saturated heterocycles. The average molecular weight is 261 g/mol. The molecule has 104 valence electrons. The molecule has 0 atom stereocenters. The molecule has 0 unspecified atom stereocenters. The highest BCUT2D eigenvalue weighted by Crippen LogP contribution is 2.32. The van der Waals surface area contributed by atoms with Crippen LogP contribution in [0.1, 0.15) is 25.8 Å². The normalized spacial score (nSPS) is 15.3. The van der Waals surface area contributed by atoms with E-state index in [2.05, 4.69) is 37.4 Å². The Labute approximate surface area is 115 Å². The first kappa shape index (κ1) is 13.9. The largest absolute Gasteiger partial charge is 0.493 e. The van der Waals surface area contributed by atoms with E-state index in [1.807, 2.05) is 6.07 Å². The Morgan fingerprint density at radius 3 is 2.74 bits per heavy atom. The Balaban J connectivity index is 2.17. The number of hydrogen-bond acceptors (Lipinski definition) is 3. The number of nitrogens with one attached hydrogen (secondary N) is 1. The fourth-order valence-electron chi connectivity index (χ4n) is 2.13. The molecule has 1 aliphatic heterocycles. The van der Waals surface area contributed by atoms with Gasteiger partial charge in [0.1, 0.15) is 0 Å².